The molecule has 0 bridgehead atoms. The maximum Gasteiger partial charge on any atom is 0.261 e. The molecule has 6 rings (SSSR count). The number of carbonyl (C=O) groups is 1. The molecule has 5 aromatic rings. The molecule has 6 nitrogen and oxygen atoms in total. The predicted octanol–water partition coefficient (Wildman–Crippen LogP) is 5.18. The highest BCUT2D eigenvalue weighted by molar-refractivity contribution is 9.10. The molecule has 0 radical (unpaired) electrons. The molecule has 184 valence electrons. The van der Waals surface area contributed by atoms with Crippen LogP contribution >= 0.6 is 15.9 Å². The molecular weight excluding hydrogens is 535 g/mol. The van der Waals surface area contributed by atoms with Crippen LogP contribution in [0, 0.1) is 5.82 Å². The van der Waals surface area contributed by atoms with E-state index in [0.29, 0.717) is 40.8 Å². The smallest absolute Gasteiger partial charge is 0.261 e. The zero-order valence-corrected chi connectivity index (χ0v) is 21.4. The van der Waals surface area contributed by atoms with Crippen LogP contribution in [0.2, 0.25) is 0 Å². The Morgan fingerprint density at radius 3 is 2.46 bits per heavy atom. The van der Waals surface area contributed by atoms with E-state index in [4.69, 9.17) is 5.10 Å². The highest BCUT2D eigenvalue weighted by Crippen LogP contribution is 2.25. The number of hydrogen-bond acceptors (Lipinski definition) is 3. The first-order valence-corrected chi connectivity index (χ1v) is 12.8. The molecule has 0 aliphatic carbocycles. The summed E-state index contributed by atoms with van der Waals surface area (Å²) >= 11 is 3.13. The van der Waals surface area contributed by atoms with Gasteiger partial charge in [-0.3, -0.25) is 14.2 Å². The third-order valence-corrected chi connectivity index (χ3v) is 7.41. The maximum atomic E-state index is 14.1. The molecular formula is C29H22BrFN4O2. The van der Waals surface area contributed by atoms with Crippen LogP contribution in [-0.2, 0) is 19.4 Å². The van der Waals surface area contributed by atoms with E-state index in [0.717, 1.165) is 16.8 Å². The van der Waals surface area contributed by atoms with E-state index in [1.165, 1.54) is 12.1 Å². The average Bonchev–Trinajstić information content (AvgIpc) is 3.34. The number of para-hydroxylation sites is 1. The minimum Gasteiger partial charge on any atom is -0.332 e. The number of nitrogens with zero attached hydrogens (tertiary/aromatic N) is 4. The lowest BCUT2D eigenvalue weighted by Crippen LogP contribution is -2.41. The molecule has 0 spiro atoms. The first-order chi connectivity index (χ1) is 18.0. The number of benzene rings is 3. The molecule has 1 aliphatic rings. The van der Waals surface area contributed by atoms with Gasteiger partial charge in [-0.2, -0.15) is 5.10 Å². The van der Waals surface area contributed by atoms with Crippen LogP contribution in [0.15, 0.2) is 94.3 Å². The zero-order valence-electron chi connectivity index (χ0n) is 19.8. The Kier molecular flexibility index (Phi) is 5.96. The van der Waals surface area contributed by atoms with E-state index in [-0.39, 0.29) is 23.6 Å². The van der Waals surface area contributed by atoms with Gasteiger partial charge in [0.25, 0.3) is 11.5 Å². The van der Waals surface area contributed by atoms with E-state index in [9.17, 15) is 14.0 Å². The molecule has 0 saturated carbocycles. The summed E-state index contributed by atoms with van der Waals surface area (Å²) < 4.78 is 17.9. The van der Waals surface area contributed by atoms with Gasteiger partial charge in [0.15, 0.2) is 0 Å². The quantitative estimate of drug-likeness (QED) is 0.306. The SMILES string of the molecule is O=C(c1ccc(Br)c(F)c1)N1CCc2c(n3ncc(Cc4ccccc4)c3n(-c3ccccc3)c2=O)C1. The van der Waals surface area contributed by atoms with Gasteiger partial charge in [0.1, 0.15) is 11.5 Å². The van der Waals surface area contributed by atoms with Crippen molar-refractivity contribution in [3.05, 3.63) is 134 Å². The van der Waals surface area contributed by atoms with Gasteiger partial charge in [0.2, 0.25) is 0 Å². The van der Waals surface area contributed by atoms with Crippen molar-refractivity contribution < 1.29 is 9.18 Å². The third-order valence-electron chi connectivity index (χ3n) is 6.77. The Labute approximate surface area is 220 Å². The van der Waals surface area contributed by atoms with Crippen LogP contribution in [0.25, 0.3) is 11.3 Å². The highest BCUT2D eigenvalue weighted by atomic mass is 79.9. The van der Waals surface area contributed by atoms with E-state index in [1.54, 1.807) is 26.2 Å². The van der Waals surface area contributed by atoms with Crippen LogP contribution in [0.5, 0.6) is 0 Å². The Morgan fingerprint density at radius 2 is 1.73 bits per heavy atom. The van der Waals surface area contributed by atoms with Crippen molar-refractivity contribution in [2.75, 3.05) is 6.54 Å². The zero-order chi connectivity index (χ0) is 25.5. The fourth-order valence-electron chi connectivity index (χ4n) is 4.96. The van der Waals surface area contributed by atoms with Gasteiger partial charge in [-0.1, -0.05) is 48.5 Å². The lowest BCUT2D eigenvalue weighted by Gasteiger charge is -2.29. The Bertz CT molecular complexity index is 1700. The molecule has 0 unspecified atom stereocenters. The van der Waals surface area contributed by atoms with Crippen molar-refractivity contribution in [3.8, 4) is 5.69 Å². The summed E-state index contributed by atoms with van der Waals surface area (Å²) in [6.45, 7) is 0.566. The number of carbonyl (C=O) groups excluding carboxylic acids is 1. The van der Waals surface area contributed by atoms with Gasteiger partial charge in [-0.25, -0.2) is 8.91 Å². The van der Waals surface area contributed by atoms with Gasteiger partial charge < -0.3 is 4.90 Å². The van der Waals surface area contributed by atoms with Gasteiger partial charge in [-0.15, -0.1) is 0 Å². The number of aromatic nitrogens is 3. The molecule has 8 heteroatoms. The van der Waals surface area contributed by atoms with E-state index >= 15 is 0 Å². The fourth-order valence-corrected chi connectivity index (χ4v) is 5.20. The lowest BCUT2D eigenvalue weighted by molar-refractivity contribution is 0.0729. The van der Waals surface area contributed by atoms with Crippen molar-refractivity contribution in [1.29, 1.82) is 0 Å². The van der Waals surface area contributed by atoms with E-state index < -0.39 is 5.82 Å². The lowest BCUT2D eigenvalue weighted by atomic mass is 10.0. The topological polar surface area (TPSA) is 59.6 Å². The standard InChI is InChI=1S/C29H22BrFN4O2/c30-24-12-11-20(16-25(24)31)28(36)33-14-13-23-26(18-33)35-27(34(29(23)37)22-9-5-2-6-10-22)21(17-32-35)15-19-7-3-1-4-8-19/h1-12,16-17H,13-15,18H2. The van der Waals surface area contributed by atoms with Crippen LogP contribution in [0.4, 0.5) is 4.39 Å². The number of hydrogen-bond donors (Lipinski definition) is 0. The maximum absolute atomic E-state index is 14.1. The average molecular weight is 557 g/mol. The first-order valence-electron chi connectivity index (χ1n) is 12.0. The Hall–Kier alpha value is -4.04. The fraction of sp³-hybridized carbons (Fsp3) is 0.138. The minimum absolute atomic E-state index is 0.106. The van der Waals surface area contributed by atoms with Crippen molar-refractivity contribution in [2.45, 2.75) is 19.4 Å². The van der Waals surface area contributed by atoms with Gasteiger partial charge >= 0.3 is 0 Å². The molecule has 3 aromatic carbocycles. The number of amides is 1. The second-order valence-electron chi connectivity index (χ2n) is 9.07. The summed E-state index contributed by atoms with van der Waals surface area (Å²) in [5, 5.41) is 4.70. The molecule has 37 heavy (non-hydrogen) atoms. The summed E-state index contributed by atoms with van der Waals surface area (Å²) in [5.41, 5.74) is 4.94. The minimum atomic E-state index is -0.492. The molecule has 3 heterocycles. The van der Waals surface area contributed by atoms with Crippen LogP contribution in [0.3, 0.4) is 0 Å². The molecule has 0 atom stereocenters. The largest absolute Gasteiger partial charge is 0.332 e. The van der Waals surface area contributed by atoms with Gasteiger partial charge in [0.05, 0.1) is 28.6 Å². The van der Waals surface area contributed by atoms with Crippen LogP contribution < -0.4 is 5.56 Å². The molecule has 2 aromatic heterocycles. The second kappa shape index (κ2) is 9.44. The van der Waals surface area contributed by atoms with Crippen molar-refractivity contribution in [1.82, 2.24) is 19.1 Å². The van der Waals surface area contributed by atoms with Gasteiger partial charge in [-0.05, 0) is 58.2 Å². The summed E-state index contributed by atoms with van der Waals surface area (Å²) in [5.74, 6) is -0.775. The van der Waals surface area contributed by atoms with Crippen molar-refractivity contribution in [3.63, 3.8) is 0 Å². The third kappa shape index (κ3) is 4.17. The Morgan fingerprint density at radius 1 is 1.00 bits per heavy atom. The first kappa shape index (κ1) is 23.4. The van der Waals surface area contributed by atoms with Crippen LogP contribution in [-0.4, -0.2) is 31.5 Å². The summed E-state index contributed by atoms with van der Waals surface area (Å²) in [7, 11) is 0. The second-order valence-corrected chi connectivity index (χ2v) is 9.93. The monoisotopic (exact) mass is 556 g/mol. The summed E-state index contributed by atoms with van der Waals surface area (Å²) in [6.07, 6.45) is 2.79. The van der Waals surface area contributed by atoms with E-state index in [1.807, 2.05) is 60.7 Å². The molecule has 0 N–H and O–H groups in total. The predicted molar refractivity (Wildman–Crippen MR) is 143 cm³/mol. The number of halogens is 2. The molecule has 0 saturated heterocycles. The van der Waals surface area contributed by atoms with E-state index in [2.05, 4.69) is 15.9 Å². The molecule has 1 aliphatic heterocycles. The molecule has 0 fully saturated rings. The highest BCUT2D eigenvalue weighted by Gasteiger charge is 2.29. The van der Waals surface area contributed by atoms with Crippen LogP contribution in [0.1, 0.15) is 32.7 Å². The van der Waals surface area contributed by atoms with Gasteiger partial charge in [0, 0.05) is 29.7 Å². The number of fused-ring (bicyclic) bond motifs is 3. The van der Waals surface area contributed by atoms with Crippen molar-refractivity contribution >= 4 is 27.5 Å². The number of rotatable bonds is 4. The Balaban J connectivity index is 1.49. The molecule has 1 amide bonds. The summed E-state index contributed by atoms with van der Waals surface area (Å²) in [6, 6.07) is 23.9. The van der Waals surface area contributed by atoms with Crippen molar-refractivity contribution in [2.24, 2.45) is 0 Å². The normalized spacial score (nSPS) is 13.1. The summed E-state index contributed by atoms with van der Waals surface area (Å²) in [4.78, 5) is 28.8.